The third kappa shape index (κ3) is 4.54. The molecule has 1 aromatic heterocycles. The number of anilines is 3. The van der Waals surface area contributed by atoms with Crippen molar-refractivity contribution in [1.29, 1.82) is 0 Å². The Bertz CT molecular complexity index is 700. The summed E-state index contributed by atoms with van der Waals surface area (Å²) in [5, 5.41) is 3.22. The molecule has 2 heterocycles. The second-order valence-corrected chi connectivity index (χ2v) is 6.28. The molecule has 0 spiro atoms. The van der Waals surface area contributed by atoms with Crippen molar-refractivity contribution in [3.63, 3.8) is 0 Å². The van der Waals surface area contributed by atoms with E-state index in [1.807, 2.05) is 25.1 Å². The first-order valence-electron chi connectivity index (χ1n) is 8.92. The molecule has 0 radical (unpaired) electrons. The number of piperazine rings is 1. The Hall–Kier alpha value is -2.54. The summed E-state index contributed by atoms with van der Waals surface area (Å²) in [6.07, 6.45) is 0. The van der Waals surface area contributed by atoms with Crippen molar-refractivity contribution in [1.82, 2.24) is 9.97 Å². The van der Waals surface area contributed by atoms with Crippen LogP contribution in [0.15, 0.2) is 30.3 Å². The van der Waals surface area contributed by atoms with Crippen molar-refractivity contribution < 1.29 is 9.47 Å². The molecule has 0 saturated carbocycles. The molecule has 1 N–H and O–H groups in total. The van der Waals surface area contributed by atoms with Gasteiger partial charge in [0.25, 0.3) is 0 Å². The second kappa shape index (κ2) is 8.71. The van der Waals surface area contributed by atoms with Crippen LogP contribution in [0.2, 0.25) is 0 Å². The van der Waals surface area contributed by atoms with Crippen LogP contribution in [0, 0.1) is 6.92 Å². The molecule has 0 unspecified atom stereocenters. The molecule has 1 saturated heterocycles. The van der Waals surface area contributed by atoms with Crippen molar-refractivity contribution in [2.24, 2.45) is 0 Å². The van der Waals surface area contributed by atoms with Crippen molar-refractivity contribution in [2.45, 2.75) is 6.92 Å². The highest BCUT2D eigenvalue weighted by atomic mass is 16.5. The smallest absolute Gasteiger partial charge is 0.224 e. The van der Waals surface area contributed by atoms with Crippen LogP contribution < -0.4 is 19.9 Å². The van der Waals surface area contributed by atoms with E-state index in [2.05, 4.69) is 37.2 Å². The fourth-order valence-electron chi connectivity index (χ4n) is 3.04. The molecule has 1 aliphatic rings. The topological polar surface area (TPSA) is 62.8 Å². The van der Waals surface area contributed by atoms with Gasteiger partial charge in [-0.3, -0.25) is 0 Å². The predicted molar refractivity (Wildman–Crippen MR) is 105 cm³/mol. The Labute approximate surface area is 155 Å². The van der Waals surface area contributed by atoms with Crippen LogP contribution in [0.25, 0.3) is 0 Å². The molecule has 1 fully saturated rings. The lowest BCUT2D eigenvalue weighted by molar-refractivity contribution is 0.210. The van der Waals surface area contributed by atoms with Gasteiger partial charge in [0.2, 0.25) is 5.95 Å². The highest BCUT2D eigenvalue weighted by Gasteiger charge is 2.19. The van der Waals surface area contributed by atoms with Gasteiger partial charge in [-0.2, -0.15) is 4.98 Å². The maximum atomic E-state index is 5.23. The largest absolute Gasteiger partial charge is 0.497 e. The number of hydrogen-bond acceptors (Lipinski definition) is 7. The quantitative estimate of drug-likeness (QED) is 0.762. The third-order valence-corrected chi connectivity index (χ3v) is 4.47. The summed E-state index contributed by atoms with van der Waals surface area (Å²) in [6.45, 7) is 7.11. The van der Waals surface area contributed by atoms with Crippen LogP contribution in [0.4, 0.5) is 17.5 Å². The zero-order valence-corrected chi connectivity index (χ0v) is 15.7. The average molecular weight is 357 g/mol. The standard InChI is InChI=1S/C19H27N5O2/c1-15-14-18(22-19(21-15)20-8-13-25-2)24-11-9-23(10-12-24)16-4-6-17(26-3)7-5-16/h4-7,14H,8-13H2,1-3H3,(H,20,21,22). The van der Waals surface area contributed by atoms with E-state index in [1.54, 1.807) is 14.2 Å². The fourth-order valence-corrected chi connectivity index (χ4v) is 3.04. The van der Waals surface area contributed by atoms with Crippen LogP contribution in [0.5, 0.6) is 5.75 Å². The van der Waals surface area contributed by atoms with E-state index >= 15 is 0 Å². The Morgan fingerprint density at radius 3 is 2.35 bits per heavy atom. The number of ether oxygens (including phenoxy) is 2. The van der Waals surface area contributed by atoms with Gasteiger partial charge in [0.05, 0.1) is 13.7 Å². The van der Waals surface area contributed by atoms with Gasteiger partial charge in [0, 0.05) is 57.3 Å². The molecular weight excluding hydrogens is 330 g/mol. The Kier molecular flexibility index (Phi) is 6.12. The summed E-state index contributed by atoms with van der Waals surface area (Å²) in [5.74, 6) is 2.53. The van der Waals surface area contributed by atoms with Gasteiger partial charge in [-0.25, -0.2) is 4.98 Å². The number of aryl methyl sites for hydroxylation is 1. The van der Waals surface area contributed by atoms with Crippen LogP contribution in [-0.2, 0) is 4.74 Å². The summed E-state index contributed by atoms with van der Waals surface area (Å²) < 4.78 is 10.3. The lowest BCUT2D eigenvalue weighted by atomic mass is 10.2. The molecule has 2 aromatic rings. The molecule has 3 rings (SSSR count). The molecule has 7 nitrogen and oxygen atoms in total. The summed E-state index contributed by atoms with van der Waals surface area (Å²) >= 11 is 0. The van der Waals surface area contributed by atoms with E-state index in [0.717, 1.165) is 43.4 Å². The molecule has 0 amide bonds. The first-order valence-corrected chi connectivity index (χ1v) is 8.92. The molecule has 0 bridgehead atoms. The Balaban J connectivity index is 1.61. The fraction of sp³-hybridized carbons (Fsp3) is 0.474. The normalized spacial score (nSPS) is 14.4. The van der Waals surface area contributed by atoms with Crippen LogP contribution in [-0.4, -0.2) is 63.5 Å². The zero-order chi connectivity index (χ0) is 18.4. The SMILES string of the molecule is COCCNc1nc(C)cc(N2CCN(c3ccc(OC)cc3)CC2)n1. The molecular formula is C19H27N5O2. The predicted octanol–water partition coefficient (Wildman–Crippen LogP) is 2.18. The molecule has 1 aliphatic heterocycles. The minimum atomic E-state index is 0.632. The number of methoxy groups -OCH3 is 2. The van der Waals surface area contributed by atoms with Gasteiger partial charge < -0.3 is 24.6 Å². The van der Waals surface area contributed by atoms with E-state index in [0.29, 0.717) is 19.1 Å². The van der Waals surface area contributed by atoms with Crippen LogP contribution in [0.1, 0.15) is 5.69 Å². The molecule has 0 atom stereocenters. The molecule has 140 valence electrons. The monoisotopic (exact) mass is 357 g/mol. The number of benzene rings is 1. The molecule has 26 heavy (non-hydrogen) atoms. The number of rotatable bonds is 7. The van der Waals surface area contributed by atoms with Gasteiger partial charge in [-0.1, -0.05) is 0 Å². The lowest BCUT2D eigenvalue weighted by Gasteiger charge is -2.37. The minimum Gasteiger partial charge on any atom is -0.497 e. The van der Waals surface area contributed by atoms with E-state index in [9.17, 15) is 0 Å². The average Bonchev–Trinajstić information content (AvgIpc) is 2.68. The van der Waals surface area contributed by atoms with Crippen molar-refractivity contribution in [3.05, 3.63) is 36.0 Å². The van der Waals surface area contributed by atoms with Crippen LogP contribution >= 0.6 is 0 Å². The van der Waals surface area contributed by atoms with Gasteiger partial charge >= 0.3 is 0 Å². The first kappa shape index (κ1) is 18.3. The summed E-state index contributed by atoms with van der Waals surface area (Å²) in [7, 11) is 3.38. The van der Waals surface area contributed by atoms with Crippen molar-refractivity contribution in [3.8, 4) is 5.75 Å². The number of nitrogens with one attached hydrogen (secondary N) is 1. The second-order valence-electron chi connectivity index (χ2n) is 6.28. The number of hydrogen-bond donors (Lipinski definition) is 1. The van der Waals surface area contributed by atoms with E-state index in [-0.39, 0.29) is 0 Å². The minimum absolute atomic E-state index is 0.632. The summed E-state index contributed by atoms with van der Waals surface area (Å²) in [5.41, 5.74) is 2.19. The maximum absolute atomic E-state index is 5.23. The van der Waals surface area contributed by atoms with E-state index < -0.39 is 0 Å². The zero-order valence-electron chi connectivity index (χ0n) is 15.7. The van der Waals surface area contributed by atoms with Gasteiger partial charge in [0.1, 0.15) is 11.6 Å². The molecule has 1 aromatic carbocycles. The van der Waals surface area contributed by atoms with Crippen molar-refractivity contribution >= 4 is 17.5 Å². The van der Waals surface area contributed by atoms with E-state index in [4.69, 9.17) is 9.47 Å². The van der Waals surface area contributed by atoms with Crippen LogP contribution in [0.3, 0.4) is 0 Å². The Morgan fingerprint density at radius 2 is 1.69 bits per heavy atom. The summed E-state index contributed by atoms with van der Waals surface area (Å²) in [6, 6.07) is 10.3. The highest BCUT2D eigenvalue weighted by molar-refractivity contribution is 5.52. The van der Waals surface area contributed by atoms with Gasteiger partial charge in [0.15, 0.2) is 0 Å². The van der Waals surface area contributed by atoms with Gasteiger partial charge in [-0.15, -0.1) is 0 Å². The van der Waals surface area contributed by atoms with Gasteiger partial charge in [-0.05, 0) is 31.2 Å². The first-order chi connectivity index (χ1) is 12.7. The maximum Gasteiger partial charge on any atom is 0.224 e. The third-order valence-electron chi connectivity index (χ3n) is 4.47. The van der Waals surface area contributed by atoms with Crippen molar-refractivity contribution in [2.75, 3.05) is 68.7 Å². The lowest BCUT2D eigenvalue weighted by Crippen LogP contribution is -2.46. The highest BCUT2D eigenvalue weighted by Crippen LogP contribution is 2.22. The molecule has 7 heteroatoms. The Morgan fingerprint density at radius 1 is 1.00 bits per heavy atom. The van der Waals surface area contributed by atoms with E-state index in [1.165, 1.54) is 5.69 Å². The number of nitrogens with zero attached hydrogens (tertiary/aromatic N) is 4. The molecule has 0 aliphatic carbocycles. The summed E-state index contributed by atoms with van der Waals surface area (Å²) in [4.78, 5) is 13.8. The number of aromatic nitrogens is 2.